The van der Waals surface area contributed by atoms with Gasteiger partial charge >= 0.3 is 6.03 Å². The molecule has 22 heavy (non-hydrogen) atoms. The van der Waals surface area contributed by atoms with Crippen molar-refractivity contribution in [1.29, 1.82) is 0 Å². The zero-order valence-corrected chi connectivity index (χ0v) is 12.8. The Balaban J connectivity index is 1.95. The van der Waals surface area contributed by atoms with Crippen molar-refractivity contribution >= 4 is 11.7 Å². The maximum atomic E-state index is 12.1. The molecule has 1 aromatic heterocycles. The first-order valence-electron chi connectivity index (χ1n) is 7.46. The van der Waals surface area contributed by atoms with E-state index in [-0.39, 0.29) is 12.6 Å². The highest BCUT2D eigenvalue weighted by Crippen LogP contribution is 2.09. The lowest BCUT2D eigenvalue weighted by Crippen LogP contribution is -2.37. The van der Waals surface area contributed by atoms with E-state index >= 15 is 0 Å². The normalized spacial score (nSPS) is 10.5. The Labute approximate surface area is 130 Å². The first-order chi connectivity index (χ1) is 10.7. The van der Waals surface area contributed by atoms with E-state index in [9.17, 15) is 4.79 Å². The molecule has 0 atom stereocenters. The number of aliphatic hydroxyl groups excluding tert-OH is 1. The minimum absolute atomic E-state index is 0.0410. The number of hydrogen-bond acceptors (Lipinski definition) is 3. The zero-order valence-electron chi connectivity index (χ0n) is 12.8. The van der Waals surface area contributed by atoms with Gasteiger partial charge in [-0.25, -0.2) is 4.79 Å². The van der Waals surface area contributed by atoms with Crippen LogP contribution in [0.3, 0.4) is 0 Å². The number of amides is 2. The lowest BCUT2D eigenvalue weighted by atomic mass is 10.2. The molecule has 1 aromatic carbocycles. The number of nitrogens with one attached hydrogen (secondary N) is 1. The summed E-state index contributed by atoms with van der Waals surface area (Å²) in [6, 6.07) is 9.80. The number of aromatic nitrogens is 2. The van der Waals surface area contributed by atoms with Crippen LogP contribution in [-0.4, -0.2) is 45.5 Å². The van der Waals surface area contributed by atoms with Gasteiger partial charge in [-0.05, 0) is 12.0 Å². The standard InChI is InChI=1S/C16H22N4O2/c1-2-8-19(9-10-21)16(22)18-15-11-17-20(13-15)12-14-6-4-3-5-7-14/h3-7,11,13,21H,2,8-10,12H2,1H3,(H,18,22). The molecule has 0 bridgehead atoms. The molecule has 0 aliphatic rings. The van der Waals surface area contributed by atoms with E-state index in [1.165, 1.54) is 0 Å². The van der Waals surface area contributed by atoms with Crippen molar-refractivity contribution in [3.63, 3.8) is 0 Å². The smallest absolute Gasteiger partial charge is 0.322 e. The maximum Gasteiger partial charge on any atom is 0.322 e. The fraction of sp³-hybridized carbons (Fsp3) is 0.375. The van der Waals surface area contributed by atoms with Gasteiger partial charge in [0.25, 0.3) is 0 Å². The van der Waals surface area contributed by atoms with Crippen LogP contribution in [-0.2, 0) is 6.54 Å². The van der Waals surface area contributed by atoms with E-state index in [4.69, 9.17) is 5.11 Å². The number of hydrogen-bond donors (Lipinski definition) is 2. The molecule has 0 aliphatic carbocycles. The minimum atomic E-state index is -0.213. The van der Waals surface area contributed by atoms with Crippen LogP contribution < -0.4 is 5.32 Å². The predicted octanol–water partition coefficient (Wildman–Crippen LogP) is 2.17. The molecular weight excluding hydrogens is 280 g/mol. The summed E-state index contributed by atoms with van der Waals surface area (Å²) in [6.07, 6.45) is 4.28. The van der Waals surface area contributed by atoms with Gasteiger partial charge < -0.3 is 15.3 Å². The van der Waals surface area contributed by atoms with Crippen LogP contribution >= 0.6 is 0 Å². The average molecular weight is 302 g/mol. The molecule has 0 spiro atoms. The summed E-state index contributed by atoms with van der Waals surface area (Å²) in [7, 11) is 0. The summed E-state index contributed by atoms with van der Waals surface area (Å²) < 4.78 is 1.78. The number of nitrogens with zero attached hydrogens (tertiary/aromatic N) is 3. The highest BCUT2D eigenvalue weighted by molar-refractivity contribution is 5.89. The third-order valence-electron chi connectivity index (χ3n) is 3.22. The maximum absolute atomic E-state index is 12.1. The van der Waals surface area contributed by atoms with Crippen molar-refractivity contribution in [2.45, 2.75) is 19.9 Å². The van der Waals surface area contributed by atoms with Gasteiger partial charge in [0, 0.05) is 19.3 Å². The molecule has 0 saturated carbocycles. The van der Waals surface area contributed by atoms with Crippen molar-refractivity contribution in [2.75, 3.05) is 25.0 Å². The van der Waals surface area contributed by atoms with Crippen LogP contribution in [0.25, 0.3) is 0 Å². The molecule has 0 radical (unpaired) electrons. The van der Waals surface area contributed by atoms with Crippen molar-refractivity contribution in [1.82, 2.24) is 14.7 Å². The predicted molar refractivity (Wildman–Crippen MR) is 85.7 cm³/mol. The molecular formula is C16H22N4O2. The van der Waals surface area contributed by atoms with E-state index in [0.717, 1.165) is 12.0 Å². The SMILES string of the molecule is CCCN(CCO)C(=O)Nc1cnn(Cc2ccccc2)c1. The number of anilines is 1. The van der Waals surface area contributed by atoms with Gasteiger partial charge in [-0.1, -0.05) is 37.3 Å². The quantitative estimate of drug-likeness (QED) is 0.823. The van der Waals surface area contributed by atoms with Crippen LogP contribution in [0.5, 0.6) is 0 Å². The summed E-state index contributed by atoms with van der Waals surface area (Å²) in [5, 5.41) is 16.1. The topological polar surface area (TPSA) is 70.4 Å². The highest BCUT2D eigenvalue weighted by Gasteiger charge is 2.12. The summed E-state index contributed by atoms with van der Waals surface area (Å²) >= 11 is 0. The molecule has 1 heterocycles. The number of carbonyl (C=O) groups excluding carboxylic acids is 1. The Hall–Kier alpha value is -2.34. The summed E-state index contributed by atoms with van der Waals surface area (Å²) in [5.74, 6) is 0. The van der Waals surface area contributed by atoms with E-state index < -0.39 is 0 Å². The second-order valence-corrected chi connectivity index (χ2v) is 5.05. The minimum Gasteiger partial charge on any atom is -0.395 e. The Morgan fingerprint density at radius 2 is 2.09 bits per heavy atom. The van der Waals surface area contributed by atoms with Crippen LogP contribution in [0, 0.1) is 0 Å². The lowest BCUT2D eigenvalue weighted by Gasteiger charge is -2.20. The molecule has 6 nitrogen and oxygen atoms in total. The molecule has 2 rings (SSSR count). The van der Waals surface area contributed by atoms with Gasteiger partial charge in [0.2, 0.25) is 0 Å². The van der Waals surface area contributed by atoms with Crippen LogP contribution in [0.4, 0.5) is 10.5 Å². The third kappa shape index (κ3) is 4.60. The van der Waals surface area contributed by atoms with Crippen molar-refractivity contribution in [2.24, 2.45) is 0 Å². The first-order valence-corrected chi connectivity index (χ1v) is 7.46. The van der Waals surface area contributed by atoms with Gasteiger partial charge in [-0.15, -0.1) is 0 Å². The van der Waals surface area contributed by atoms with E-state index in [1.54, 1.807) is 22.0 Å². The van der Waals surface area contributed by atoms with Crippen LogP contribution in [0.1, 0.15) is 18.9 Å². The van der Waals surface area contributed by atoms with Gasteiger partial charge in [-0.3, -0.25) is 4.68 Å². The number of aliphatic hydroxyl groups is 1. The lowest BCUT2D eigenvalue weighted by molar-refractivity contribution is 0.188. The molecule has 118 valence electrons. The molecule has 2 N–H and O–H groups in total. The Bertz CT molecular complexity index is 577. The van der Waals surface area contributed by atoms with Gasteiger partial charge in [-0.2, -0.15) is 5.10 Å². The zero-order chi connectivity index (χ0) is 15.8. The Morgan fingerprint density at radius 1 is 1.32 bits per heavy atom. The average Bonchev–Trinajstić information content (AvgIpc) is 2.95. The Kier molecular flexibility index (Phi) is 5.97. The molecule has 0 saturated heterocycles. The van der Waals surface area contributed by atoms with Crippen LogP contribution in [0.2, 0.25) is 0 Å². The summed E-state index contributed by atoms with van der Waals surface area (Å²) in [6.45, 7) is 3.56. The fourth-order valence-electron chi connectivity index (χ4n) is 2.19. The Morgan fingerprint density at radius 3 is 2.77 bits per heavy atom. The molecule has 2 aromatic rings. The molecule has 0 aliphatic heterocycles. The van der Waals surface area contributed by atoms with Gasteiger partial charge in [0.05, 0.1) is 25.0 Å². The second-order valence-electron chi connectivity index (χ2n) is 5.05. The first kappa shape index (κ1) is 16.0. The molecule has 0 fully saturated rings. The van der Waals surface area contributed by atoms with Gasteiger partial charge in [0.15, 0.2) is 0 Å². The van der Waals surface area contributed by atoms with Gasteiger partial charge in [0.1, 0.15) is 0 Å². The monoisotopic (exact) mass is 302 g/mol. The van der Waals surface area contributed by atoms with E-state index in [0.29, 0.717) is 25.3 Å². The molecule has 2 amide bonds. The van der Waals surface area contributed by atoms with Crippen molar-refractivity contribution in [3.05, 3.63) is 48.3 Å². The summed E-state index contributed by atoms with van der Waals surface area (Å²) in [5.41, 5.74) is 1.80. The fourth-order valence-corrected chi connectivity index (χ4v) is 2.19. The number of rotatable bonds is 7. The third-order valence-corrected chi connectivity index (χ3v) is 3.22. The van der Waals surface area contributed by atoms with E-state index in [2.05, 4.69) is 10.4 Å². The highest BCUT2D eigenvalue weighted by atomic mass is 16.3. The van der Waals surface area contributed by atoms with Crippen LogP contribution in [0.15, 0.2) is 42.7 Å². The number of benzene rings is 1. The van der Waals surface area contributed by atoms with E-state index in [1.807, 2.05) is 37.3 Å². The van der Waals surface area contributed by atoms with Crippen molar-refractivity contribution in [3.8, 4) is 0 Å². The largest absolute Gasteiger partial charge is 0.395 e. The summed E-state index contributed by atoms with van der Waals surface area (Å²) in [4.78, 5) is 13.7. The number of urea groups is 1. The second kappa shape index (κ2) is 8.19. The number of carbonyl (C=O) groups is 1. The molecule has 0 unspecified atom stereocenters. The van der Waals surface area contributed by atoms with Crippen molar-refractivity contribution < 1.29 is 9.90 Å². The molecule has 6 heteroatoms.